The first kappa shape index (κ1) is 17.8. The van der Waals surface area contributed by atoms with Gasteiger partial charge in [0.25, 0.3) is 0 Å². The number of thiazole rings is 1. The maximum atomic E-state index is 5.92. The fourth-order valence-electron chi connectivity index (χ4n) is 2.40. The summed E-state index contributed by atoms with van der Waals surface area (Å²) in [5, 5.41) is 1.96. The maximum Gasteiger partial charge on any atom is 0.163 e. The number of hydrogen-bond acceptors (Lipinski definition) is 5. The molecular weight excluding hydrogens is 350 g/mol. The summed E-state index contributed by atoms with van der Waals surface area (Å²) >= 11 is 3.31. The fourth-order valence-corrected chi connectivity index (χ4v) is 3.84. The van der Waals surface area contributed by atoms with Gasteiger partial charge in [0.1, 0.15) is 17.4 Å². The van der Waals surface area contributed by atoms with E-state index in [1.54, 1.807) is 23.1 Å². The van der Waals surface area contributed by atoms with E-state index >= 15 is 0 Å². The van der Waals surface area contributed by atoms with Crippen LogP contribution in [0.1, 0.15) is 10.6 Å². The minimum absolute atomic E-state index is 0.481. The third-order valence-electron chi connectivity index (χ3n) is 3.65. The average Bonchev–Trinajstić information content (AvgIpc) is 3.01. The minimum atomic E-state index is 0.481. The number of aliphatic imine (C=N–C) groups is 1. The van der Waals surface area contributed by atoms with E-state index in [0.29, 0.717) is 6.61 Å². The van der Waals surface area contributed by atoms with Crippen molar-refractivity contribution < 1.29 is 4.74 Å². The van der Waals surface area contributed by atoms with Gasteiger partial charge in [-0.15, -0.1) is 11.3 Å². The Labute approximate surface area is 156 Å². The molecule has 0 atom stereocenters. The van der Waals surface area contributed by atoms with Crippen LogP contribution in [0, 0.1) is 6.92 Å². The highest BCUT2D eigenvalue weighted by molar-refractivity contribution is 8.13. The van der Waals surface area contributed by atoms with Crippen LogP contribution in [0.5, 0.6) is 5.75 Å². The van der Waals surface area contributed by atoms with E-state index in [1.165, 1.54) is 4.70 Å². The molecule has 25 heavy (non-hydrogen) atoms. The molecule has 0 radical (unpaired) electrons. The van der Waals surface area contributed by atoms with Crippen molar-refractivity contribution in [3.05, 3.63) is 53.0 Å². The van der Waals surface area contributed by atoms with E-state index in [9.17, 15) is 0 Å². The van der Waals surface area contributed by atoms with Gasteiger partial charge in [0.05, 0.1) is 15.9 Å². The zero-order chi connectivity index (χ0) is 17.8. The van der Waals surface area contributed by atoms with Crippen molar-refractivity contribution in [2.45, 2.75) is 13.5 Å². The van der Waals surface area contributed by atoms with Gasteiger partial charge < -0.3 is 9.64 Å². The van der Waals surface area contributed by atoms with Crippen molar-refractivity contribution >= 4 is 44.2 Å². The first-order valence-corrected chi connectivity index (χ1v) is 9.99. The van der Waals surface area contributed by atoms with Crippen molar-refractivity contribution in [3.8, 4) is 5.75 Å². The van der Waals surface area contributed by atoms with Gasteiger partial charge >= 0.3 is 0 Å². The monoisotopic (exact) mass is 371 g/mol. The van der Waals surface area contributed by atoms with Gasteiger partial charge in [0, 0.05) is 14.1 Å². The number of ether oxygens (including phenoxy) is 1. The molecule has 6 heteroatoms. The van der Waals surface area contributed by atoms with Crippen LogP contribution in [0.2, 0.25) is 0 Å². The number of thioether (sulfide) groups is 1. The number of hydrogen-bond donors (Lipinski definition) is 0. The largest absolute Gasteiger partial charge is 0.486 e. The van der Waals surface area contributed by atoms with Crippen molar-refractivity contribution in [1.29, 1.82) is 0 Å². The highest BCUT2D eigenvalue weighted by Gasteiger charge is 2.07. The molecule has 3 aromatic rings. The molecule has 1 heterocycles. The Morgan fingerprint density at radius 1 is 1.24 bits per heavy atom. The van der Waals surface area contributed by atoms with E-state index in [0.717, 1.165) is 32.7 Å². The van der Waals surface area contributed by atoms with Crippen molar-refractivity contribution in [1.82, 2.24) is 9.88 Å². The molecule has 1 aromatic heterocycles. The molecule has 0 aliphatic carbocycles. The van der Waals surface area contributed by atoms with Crippen LogP contribution in [0.15, 0.2) is 47.5 Å². The zero-order valence-electron chi connectivity index (χ0n) is 14.8. The van der Waals surface area contributed by atoms with Crippen LogP contribution in [0.4, 0.5) is 5.69 Å². The summed E-state index contributed by atoms with van der Waals surface area (Å²) < 4.78 is 7.11. The molecule has 2 aromatic carbocycles. The second-order valence-corrected chi connectivity index (χ2v) is 7.69. The molecule has 0 amide bonds. The van der Waals surface area contributed by atoms with E-state index in [2.05, 4.69) is 18.0 Å². The van der Waals surface area contributed by atoms with Crippen molar-refractivity contribution in [2.75, 3.05) is 20.4 Å². The Hall–Kier alpha value is -2.05. The molecule has 0 unspecified atom stereocenters. The lowest BCUT2D eigenvalue weighted by molar-refractivity contribution is 0.305. The number of aryl methyl sites for hydroxylation is 1. The number of amidine groups is 1. The summed E-state index contributed by atoms with van der Waals surface area (Å²) in [6.07, 6.45) is 2.03. The van der Waals surface area contributed by atoms with Crippen LogP contribution in [0.25, 0.3) is 10.2 Å². The third kappa shape index (κ3) is 4.32. The minimum Gasteiger partial charge on any atom is -0.486 e. The van der Waals surface area contributed by atoms with Crippen LogP contribution in [-0.2, 0) is 6.61 Å². The van der Waals surface area contributed by atoms with Gasteiger partial charge in [-0.05, 0) is 49.1 Å². The first-order valence-electron chi connectivity index (χ1n) is 7.94. The van der Waals surface area contributed by atoms with Gasteiger partial charge in [0.2, 0.25) is 0 Å². The summed E-state index contributed by atoms with van der Waals surface area (Å²) in [4.78, 5) is 11.3. The molecule has 0 saturated carbocycles. The lowest BCUT2D eigenvalue weighted by Crippen LogP contribution is -2.17. The fraction of sp³-hybridized carbons (Fsp3) is 0.263. The SMILES string of the molecule is CSC(=Nc1ccc(OCc2nc3ccccc3s2)cc1C)N(C)C. The molecule has 0 saturated heterocycles. The Balaban J connectivity index is 1.72. The molecule has 0 fully saturated rings. The highest BCUT2D eigenvalue weighted by atomic mass is 32.2. The molecular formula is C19H21N3OS2. The van der Waals surface area contributed by atoms with E-state index in [4.69, 9.17) is 9.73 Å². The Bertz CT molecular complexity index is 870. The van der Waals surface area contributed by atoms with E-state index in [1.807, 2.05) is 61.6 Å². The molecule has 0 aliphatic rings. The lowest BCUT2D eigenvalue weighted by atomic mass is 10.2. The number of nitrogens with zero attached hydrogens (tertiary/aromatic N) is 3. The van der Waals surface area contributed by atoms with Gasteiger partial charge in [-0.3, -0.25) is 0 Å². The number of rotatable bonds is 4. The standard InChI is InChI=1S/C19H21N3OS2/c1-13-11-14(9-10-15(13)21-19(24-4)22(2)3)23-12-18-20-16-7-5-6-8-17(16)25-18/h5-11H,12H2,1-4H3. The summed E-state index contributed by atoms with van der Waals surface area (Å²) in [5.74, 6) is 0.839. The summed E-state index contributed by atoms with van der Waals surface area (Å²) in [5.41, 5.74) is 3.08. The second-order valence-electron chi connectivity index (χ2n) is 5.81. The highest BCUT2D eigenvalue weighted by Crippen LogP contribution is 2.27. The summed E-state index contributed by atoms with van der Waals surface area (Å²) in [6.45, 7) is 2.53. The average molecular weight is 372 g/mol. The predicted octanol–water partition coefficient (Wildman–Crippen LogP) is 5.10. The van der Waals surface area contributed by atoms with E-state index in [-0.39, 0.29) is 0 Å². The van der Waals surface area contributed by atoms with E-state index < -0.39 is 0 Å². The summed E-state index contributed by atoms with van der Waals surface area (Å²) in [7, 11) is 4.00. The molecule has 4 nitrogen and oxygen atoms in total. The molecule has 0 spiro atoms. The van der Waals surface area contributed by atoms with Gasteiger partial charge in [-0.2, -0.15) is 0 Å². The second kappa shape index (κ2) is 7.89. The number of fused-ring (bicyclic) bond motifs is 1. The number of benzene rings is 2. The molecule has 3 rings (SSSR count). The maximum absolute atomic E-state index is 5.92. The van der Waals surface area contributed by atoms with Gasteiger partial charge in [0.15, 0.2) is 5.17 Å². The quantitative estimate of drug-likeness (QED) is 0.472. The third-order valence-corrected chi connectivity index (χ3v) is 5.48. The van der Waals surface area contributed by atoms with Gasteiger partial charge in [-0.1, -0.05) is 23.9 Å². The van der Waals surface area contributed by atoms with Crippen molar-refractivity contribution in [3.63, 3.8) is 0 Å². The first-order chi connectivity index (χ1) is 12.1. The van der Waals surface area contributed by atoms with Crippen LogP contribution in [0.3, 0.4) is 0 Å². The van der Waals surface area contributed by atoms with Crippen LogP contribution >= 0.6 is 23.1 Å². The lowest BCUT2D eigenvalue weighted by Gasteiger charge is -2.14. The summed E-state index contributed by atoms with van der Waals surface area (Å²) in [6, 6.07) is 14.1. The Morgan fingerprint density at radius 2 is 2.04 bits per heavy atom. The zero-order valence-corrected chi connectivity index (χ0v) is 16.4. The topological polar surface area (TPSA) is 37.7 Å². The normalized spacial score (nSPS) is 11.8. The Morgan fingerprint density at radius 3 is 2.72 bits per heavy atom. The molecule has 130 valence electrons. The van der Waals surface area contributed by atoms with Crippen molar-refractivity contribution in [2.24, 2.45) is 4.99 Å². The number of para-hydroxylation sites is 1. The molecule has 0 aliphatic heterocycles. The number of aromatic nitrogens is 1. The Kier molecular flexibility index (Phi) is 5.60. The predicted molar refractivity (Wildman–Crippen MR) is 109 cm³/mol. The van der Waals surface area contributed by atoms with Crippen LogP contribution < -0.4 is 4.74 Å². The smallest absolute Gasteiger partial charge is 0.163 e. The van der Waals surface area contributed by atoms with Gasteiger partial charge in [-0.25, -0.2) is 9.98 Å². The molecule has 0 N–H and O–H groups in total. The molecule has 0 bridgehead atoms. The van der Waals surface area contributed by atoms with Crippen LogP contribution in [-0.4, -0.2) is 35.4 Å².